The molecule has 3 aromatic rings. The molecule has 0 radical (unpaired) electrons. The summed E-state index contributed by atoms with van der Waals surface area (Å²) in [4.78, 5) is 19.6. The highest BCUT2D eigenvalue weighted by molar-refractivity contribution is 6.08. The normalized spacial score (nSPS) is 17.3. The zero-order valence-electron chi connectivity index (χ0n) is 19.0. The number of allylic oxidation sites excluding steroid dienone is 3. The van der Waals surface area contributed by atoms with Crippen molar-refractivity contribution >= 4 is 28.2 Å². The van der Waals surface area contributed by atoms with Gasteiger partial charge in [-0.3, -0.25) is 9.78 Å². The Bertz CT molecular complexity index is 1380. The number of hydrogen-bond acceptors (Lipinski definition) is 3. The summed E-state index contributed by atoms with van der Waals surface area (Å²) in [6.45, 7) is 0. The van der Waals surface area contributed by atoms with E-state index < -0.39 is 17.5 Å². The maximum absolute atomic E-state index is 14.6. The van der Waals surface area contributed by atoms with Gasteiger partial charge >= 0.3 is 0 Å². The van der Waals surface area contributed by atoms with Crippen LogP contribution in [0.4, 0.5) is 24.5 Å². The van der Waals surface area contributed by atoms with Gasteiger partial charge in [0.1, 0.15) is 5.82 Å². The summed E-state index contributed by atoms with van der Waals surface area (Å²) >= 11 is 0. The van der Waals surface area contributed by atoms with Gasteiger partial charge in [-0.2, -0.15) is 0 Å². The van der Waals surface area contributed by atoms with Crippen molar-refractivity contribution in [2.24, 2.45) is 5.92 Å². The first kappa shape index (κ1) is 22.2. The SMILES string of the molecule is CN(C)c1c(NC(=O)C2CCC3=C2C=CCC3)cnc2c(-c3cc(F)cc(F)c3F)cccc12. The van der Waals surface area contributed by atoms with Crippen LogP contribution in [-0.4, -0.2) is 25.0 Å². The topological polar surface area (TPSA) is 45.2 Å². The van der Waals surface area contributed by atoms with Crippen LogP contribution in [0.3, 0.4) is 0 Å². The summed E-state index contributed by atoms with van der Waals surface area (Å²) in [5.41, 5.74) is 4.15. The molecule has 0 bridgehead atoms. The molecule has 4 nitrogen and oxygen atoms in total. The molecule has 5 rings (SSSR count). The van der Waals surface area contributed by atoms with Crippen molar-refractivity contribution in [3.05, 3.63) is 77.3 Å². The molecule has 0 aliphatic heterocycles. The monoisotopic (exact) mass is 463 g/mol. The highest BCUT2D eigenvalue weighted by Crippen LogP contribution is 2.41. The molecule has 1 amide bonds. The van der Waals surface area contributed by atoms with Gasteiger partial charge in [0.2, 0.25) is 5.91 Å². The molecule has 1 N–H and O–H groups in total. The van der Waals surface area contributed by atoms with Gasteiger partial charge in [-0.15, -0.1) is 0 Å². The fraction of sp³-hybridized carbons (Fsp3) is 0.259. The van der Waals surface area contributed by atoms with E-state index in [1.54, 1.807) is 18.2 Å². The molecule has 2 aliphatic carbocycles. The van der Waals surface area contributed by atoms with Crippen molar-refractivity contribution in [2.45, 2.75) is 25.7 Å². The van der Waals surface area contributed by atoms with Gasteiger partial charge in [-0.25, -0.2) is 13.2 Å². The fourth-order valence-corrected chi connectivity index (χ4v) is 5.08. The zero-order chi connectivity index (χ0) is 24.0. The van der Waals surface area contributed by atoms with E-state index >= 15 is 0 Å². The van der Waals surface area contributed by atoms with Crippen molar-refractivity contribution in [1.29, 1.82) is 0 Å². The van der Waals surface area contributed by atoms with Crippen molar-refractivity contribution in [2.75, 3.05) is 24.3 Å². The third-order valence-corrected chi connectivity index (χ3v) is 6.60. The number of carbonyl (C=O) groups is 1. The third-order valence-electron chi connectivity index (χ3n) is 6.60. The second-order valence-electron chi connectivity index (χ2n) is 8.95. The van der Waals surface area contributed by atoms with E-state index in [1.807, 2.05) is 19.0 Å². The number of aromatic nitrogens is 1. The Balaban J connectivity index is 1.58. The van der Waals surface area contributed by atoms with Crippen LogP contribution in [0.2, 0.25) is 0 Å². The molecule has 0 saturated carbocycles. The second-order valence-corrected chi connectivity index (χ2v) is 8.95. The lowest BCUT2D eigenvalue weighted by atomic mass is 9.94. The number of para-hydroxylation sites is 1. The predicted octanol–water partition coefficient (Wildman–Crippen LogP) is 6.38. The van der Waals surface area contributed by atoms with Crippen molar-refractivity contribution in [3.63, 3.8) is 0 Å². The Hall–Kier alpha value is -3.61. The Morgan fingerprint density at radius 1 is 1.12 bits per heavy atom. The molecule has 1 unspecified atom stereocenters. The quantitative estimate of drug-likeness (QED) is 0.457. The van der Waals surface area contributed by atoms with E-state index in [1.165, 1.54) is 11.8 Å². The summed E-state index contributed by atoms with van der Waals surface area (Å²) in [5.74, 6) is -3.55. The lowest BCUT2D eigenvalue weighted by molar-refractivity contribution is -0.118. The molecule has 1 heterocycles. The Kier molecular flexibility index (Phi) is 5.63. The van der Waals surface area contributed by atoms with Crippen LogP contribution >= 0.6 is 0 Å². The molecule has 1 atom stereocenters. The number of fused-ring (bicyclic) bond motifs is 1. The first-order valence-corrected chi connectivity index (χ1v) is 11.3. The molecule has 174 valence electrons. The second kappa shape index (κ2) is 8.63. The summed E-state index contributed by atoms with van der Waals surface area (Å²) in [7, 11) is 3.67. The number of benzene rings is 2. The number of carbonyl (C=O) groups excluding carboxylic acids is 1. The van der Waals surface area contributed by atoms with Crippen LogP contribution < -0.4 is 10.2 Å². The predicted molar refractivity (Wildman–Crippen MR) is 128 cm³/mol. The minimum Gasteiger partial charge on any atom is -0.375 e. The van der Waals surface area contributed by atoms with E-state index in [4.69, 9.17) is 0 Å². The molecule has 0 saturated heterocycles. The number of nitrogens with one attached hydrogen (secondary N) is 1. The largest absolute Gasteiger partial charge is 0.375 e. The van der Waals surface area contributed by atoms with E-state index in [9.17, 15) is 18.0 Å². The fourth-order valence-electron chi connectivity index (χ4n) is 5.08. The summed E-state index contributed by atoms with van der Waals surface area (Å²) < 4.78 is 42.4. The first-order chi connectivity index (χ1) is 16.3. The molecule has 7 heteroatoms. The van der Waals surface area contributed by atoms with Gasteiger partial charge in [-0.1, -0.05) is 35.9 Å². The highest BCUT2D eigenvalue weighted by Gasteiger charge is 2.31. The highest BCUT2D eigenvalue weighted by atomic mass is 19.2. The van der Waals surface area contributed by atoms with E-state index in [0.29, 0.717) is 28.3 Å². The Labute approximate surface area is 195 Å². The van der Waals surface area contributed by atoms with Crippen LogP contribution in [0, 0.1) is 23.4 Å². The standard InChI is InChI=1S/C27H24F3N3O/c1-33(2)26-20-9-5-8-18(21-12-16(28)13-22(29)24(21)30)25(20)31-14-23(26)32-27(34)19-11-10-15-6-3-4-7-17(15)19/h4-5,7-9,12-14,19H,3,6,10-11H2,1-2H3,(H,32,34). The minimum atomic E-state index is -1.26. The number of rotatable bonds is 4. The molecule has 34 heavy (non-hydrogen) atoms. The average molecular weight is 464 g/mol. The van der Waals surface area contributed by atoms with Gasteiger partial charge in [0, 0.05) is 36.7 Å². The van der Waals surface area contributed by atoms with Crippen LogP contribution in [0.1, 0.15) is 25.7 Å². The first-order valence-electron chi connectivity index (χ1n) is 11.3. The van der Waals surface area contributed by atoms with Crippen LogP contribution in [0.5, 0.6) is 0 Å². The zero-order valence-corrected chi connectivity index (χ0v) is 19.0. The van der Waals surface area contributed by atoms with Gasteiger partial charge in [-0.05, 0) is 37.3 Å². The molecular formula is C27H24F3N3O. The van der Waals surface area contributed by atoms with Crippen LogP contribution in [0.15, 0.2) is 59.8 Å². The molecule has 2 aromatic carbocycles. The molecule has 0 fully saturated rings. The van der Waals surface area contributed by atoms with E-state index in [0.717, 1.165) is 37.3 Å². The number of amides is 1. The smallest absolute Gasteiger partial charge is 0.232 e. The van der Waals surface area contributed by atoms with Gasteiger partial charge in [0.05, 0.1) is 29.0 Å². The summed E-state index contributed by atoms with van der Waals surface area (Å²) in [6.07, 6.45) is 9.46. The molecule has 0 spiro atoms. The van der Waals surface area contributed by atoms with Crippen LogP contribution in [-0.2, 0) is 4.79 Å². The number of pyridine rings is 1. The molecule has 1 aromatic heterocycles. The summed E-state index contributed by atoms with van der Waals surface area (Å²) in [5, 5.41) is 3.68. The number of nitrogens with zero attached hydrogens (tertiary/aromatic N) is 2. The van der Waals surface area contributed by atoms with Crippen molar-refractivity contribution in [1.82, 2.24) is 4.98 Å². The summed E-state index contributed by atoms with van der Waals surface area (Å²) in [6, 6.07) is 6.53. The number of halogens is 3. The van der Waals surface area contributed by atoms with E-state index in [-0.39, 0.29) is 23.0 Å². The maximum Gasteiger partial charge on any atom is 0.232 e. The van der Waals surface area contributed by atoms with Gasteiger partial charge < -0.3 is 10.2 Å². The number of anilines is 2. The molecule has 2 aliphatic rings. The molecular weight excluding hydrogens is 439 g/mol. The average Bonchev–Trinajstić information content (AvgIpc) is 3.25. The van der Waals surface area contributed by atoms with Gasteiger partial charge in [0.25, 0.3) is 0 Å². The minimum absolute atomic E-state index is 0.0878. The lowest BCUT2D eigenvalue weighted by Crippen LogP contribution is -2.24. The van der Waals surface area contributed by atoms with Gasteiger partial charge in [0.15, 0.2) is 11.6 Å². The number of hydrogen-bond donors (Lipinski definition) is 1. The van der Waals surface area contributed by atoms with Crippen molar-refractivity contribution in [3.8, 4) is 11.1 Å². The van der Waals surface area contributed by atoms with Crippen molar-refractivity contribution < 1.29 is 18.0 Å². The third kappa shape index (κ3) is 3.75. The Morgan fingerprint density at radius 2 is 1.94 bits per heavy atom. The Morgan fingerprint density at radius 3 is 2.74 bits per heavy atom. The van der Waals surface area contributed by atoms with E-state index in [2.05, 4.69) is 22.5 Å². The lowest BCUT2D eigenvalue weighted by Gasteiger charge is -2.22. The maximum atomic E-state index is 14.6. The van der Waals surface area contributed by atoms with Crippen LogP contribution in [0.25, 0.3) is 22.0 Å².